The SMILES string of the molecule is COc1ccc(C(=O)Nc2cccc(Cl)c2C)cc1C(=O)Nc1cccc(Cl)c1C. The number of carbonyl (C=O) groups is 2. The molecule has 7 heteroatoms. The first-order chi connectivity index (χ1) is 14.3. The molecule has 0 spiro atoms. The molecule has 5 nitrogen and oxygen atoms in total. The van der Waals surface area contributed by atoms with Gasteiger partial charge in [-0.2, -0.15) is 0 Å². The molecule has 0 radical (unpaired) electrons. The summed E-state index contributed by atoms with van der Waals surface area (Å²) in [4.78, 5) is 25.7. The van der Waals surface area contributed by atoms with Gasteiger partial charge in [-0.3, -0.25) is 9.59 Å². The molecule has 0 fully saturated rings. The summed E-state index contributed by atoms with van der Waals surface area (Å²) in [7, 11) is 1.46. The number of rotatable bonds is 5. The maximum atomic E-state index is 12.9. The van der Waals surface area contributed by atoms with Gasteiger partial charge in [0.15, 0.2) is 0 Å². The average Bonchev–Trinajstić information content (AvgIpc) is 2.74. The van der Waals surface area contributed by atoms with Crippen LogP contribution in [0.15, 0.2) is 54.6 Å². The average molecular weight is 443 g/mol. The molecule has 3 rings (SSSR count). The molecule has 0 bridgehead atoms. The lowest BCUT2D eigenvalue weighted by molar-refractivity contribution is 0.102. The van der Waals surface area contributed by atoms with Crippen LogP contribution in [0.25, 0.3) is 0 Å². The summed E-state index contributed by atoms with van der Waals surface area (Å²) in [6, 6.07) is 15.2. The lowest BCUT2D eigenvalue weighted by Gasteiger charge is -2.14. The highest BCUT2D eigenvalue weighted by atomic mass is 35.5. The lowest BCUT2D eigenvalue weighted by atomic mass is 10.1. The van der Waals surface area contributed by atoms with Gasteiger partial charge in [0, 0.05) is 27.0 Å². The molecule has 2 amide bonds. The van der Waals surface area contributed by atoms with Gasteiger partial charge < -0.3 is 15.4 Å². The van der Waals surface area contributed by atoms with Crippen molar-refractivity contribution in [1.82, 2.24) is 0 Å². The van der Waals surface area contributed by atoms with Crippen molar-refractivity contribution in [2.24, 2.45) is 0 Å². The molecule has 0 aliphatic heterocycles. The van der Waals surface area contributed by atoms with Gasteiger partial charge >= 0.3 is 0 Å². The highest BCUT2D eigenvalue weighted by Crippen LogP contribution is 2.27. The van der Waals surface area contributed by atoms with Gasteiger partial charge in [-0.25, -0.2) is 0 Å². The Hall–Kier alpha value is -3.02. The molecule has 0 aliphatic carbocycles. The first kappa shape index (κ1) is 21.7. The van der Waals surface area contributed by atoms with Crippen molar-refractivity contribution in [3.05, 3.63) is 86.9 Å². The van der Waals surface area contributed by atoms with Crippen molar-refractivity contribution in [3.8, 4) is 5.75 Å². The van der Waals surface area contributed by atoms with Crippen LogP contribution in [0, 0.1) is 13.8 Å². The number of anilines is 2. The minimum absolute atomic E-state index is 0.229. The number of hydrogen-bond donors (Lipinski definition) is 2. The summed E-state index contributed by atoms with van der Waals surface area (Å²) >= 11 is 12.3. The minimum Gasteiger partial charge on any atom is -0.496 e. The number of methoxy groups -OCH3 is 1. The summed E-state index contributed by atoms with van der Waals surface area (Å²) in [6.45, 7) is 3.63. The maximum Gasteiger partial charge on any atom is 0.259 e. The van der Waals surface area contributed by atoms with Gasteiger partial charge in [0.25, 0.3) is 11.8 Å². The van der Waals surface area contributed by atoms with E-state index in [1.165, 1.54) is 13.2 Å². The first-order valence-electron chi connectivity index (χ1n) is 9.12. The zero-order valence-corrected chi connectivity index (χ0v) is 18.2. The van der Waals surface area contributed by atoms with E-state index in [9.17, 15) is 9.59 Å². The molecule has 3 aromatic rings. The fourth-order valence-electron chi connectivity index (χ4n) is 2.90. The van der Waals surface area contributed by atoms with Crippen LogP contribution in [0.5, 0.6) is 5.75 Å². The molecule has 0 saturated carbocycles. The number of nitrogens with one attached hydrogen (secondary N) is 2. The summed E-state index contributed by atoms with van der Waals surface area (Å²) in [5.74, 6) is -0.426. The van der Waals surface area contributed by atoms with E-state index in [2.05, 4.69) is 10.6 Å². The topological polar surface area (TPSA) is 67.4 Å². The molecule has 0 aromatic heterocycles. The van der Waals surface area contributed by atoms with Gasteiger partial charge in [-0.15, -0.1) is 0 Å². The third-order valence-electron chi connectivity index (χ3n) is 4.74. The van der Waals surface area contributed by atoms with Crippen LogP contribution in [-0.2, 0) is 0 Å². The zero-order valence-electron chi connectivity index (χ0n) is 16.7. The van der Waals surface area contributed by atoms with Crippen LogP contribution in [0.4, 0.5) is 11.4 Å². The fraction of sp³-hybridized carbons (Fsp3) is 0.130. The highest BCUT2D eigenvalue weighted by molar-refractivity contribution is 6.32. The number of hydrogen-bond acceptors (Lipinski definition) is 3. The first-order valence-corrected chi connectivity index (χ1v) is 9.88. The van der Waals surface area contributed by atoms with Gasteiger partial charge in [-0.05, 0) is 67.4 Å². The summed E-state index contributed by atoms with van der Waals surface area (Å²) in [6.07, 6.45) is 0. The third kappa shape index (κ3) is 4.58. The van der Waals surface area contributed by atoms with Crippen LogP contribution in [0.3, 0.4) is 0 Å². The van der Waals surface area contributed by atoms with E-state index in [1.54, 1.807) is 48.5 Å². The summed E-state index contributed by atoms with van der Waals surface area (Å²) < 4.78 is 5.31. The molecule has 0 saturated heterocycles. The predicted octanol–water partition coefficient (Wildman–Crippen LogP) is 6.12. The second-order valence-electron chi connectivity index (χ2n) is 6.65. The Labute approximate surface area is 185 Å². The molecule has 2 N–H and O–H groups in total. The Balaban J connectivity index is 1.89. The third-order valence-corrected chi connectivity index (χ3v) is 5.56. The van der Waals surface area contributed by atoms with E-state index in [-0.39, 0.29) is 11.5 Å². The molecular weight excluding hydrogens is 423 g/mol. The molecular formula is C23H20Cl2N2O3. The van der Waals surface area contributed by atoms with Crippen LogP contribution in [0.2, 0.25) is 10.0 Å². The van der Waals surface area contributed by atoms with E-state index in [0.717, 1.165) is 11.1 Å². The van der Waals surface area contributed by atoms with E-state index < -0.39 is 5.91 Å². The number of ether oxygens (including phenoxy) is 1. The van der Waals surface area contributed by atoms with Gasteiger partial charge in [0.1, 0.15) is 5.75 Å². The van der Waals surface area contributed by atoms with Crippen molar-refractivity contribution >= 4 is 46.4 Å². The quantitative estimate of drug-likeness (QED) is 0.499. The molecule has 0 heterocycles. The van der Waals surface area contributed by atoms with Crippen LogP contribution >= 0.6 is 23.2 Å². The Bertz CT molecular complexity index is 1130. The largest absolute Gasteiger partial charge is 0.496 e. The molecule has 3 aromatic carbocycles. The molecule has 154 valence electrons. The van der Waals surface area contributed by atoms with Gasteiger partial charge in [0.05, 0.1) is 12.7 Å². The normalized spacial score (nSPS) is 10.4. The Morgan fingerprint density at radius 1 is 0.800 bits per heavy atom. The highest BCUT2D eigenvalue weighted by Gasteiger charge is 2.18. The van der Waals surface area contributed by atoms with E-state index in [4.69, 9.17) is 27.9 Å². The number of amides is 2. The van der Waals surface area contributed by atoms with Gasteiger partial charge in [-0.1, -0.05) is 35.3 Å². The summed E-state index contributed by atoms with van der Waals surface area (Å²) in [5.41, 5.74) is 3.23. The van der Waals surface area contributed by atoms with E-state index in [1.807, 2.05) is 13.8 Å². The van der Waals surface area contributed by atoms with E-state index in [0.29, 0.717) is 32.7 Å². The summed E-state index contributed by atoms with van der Waals surface area (Å²) in [5, 5.41) is 6.75. The Morgan fingerprint density at radius 3 is 1.87 bits per heavy atom. The number of halogens is 2. The molecule has 0 unspecified atom stereocenters. The number of carbonyl (C=O) groups excluding carboxylic acids is 2. The predicted molar refractivity (Wildman–Crippen MR) is 121 cm³/mol. The Kier molecular flexibility index (Phi) is 6.65. The standard InChI is InChI=1S/C23H20Cl2N2O3/c1-13-17(24)6-4-8-19(13)26-22(28)15-10-11-21(30-3)16(12-15)23(29)27-20-9-5-7-18(25)14(20)2/h4-12H,1-3H3,(H,26,28)(H,27,29). The molecule has 0 atom stereocenters. The van der Waals surface area contributed by atoms with Crippen LogP contribution in [0.1, 0.15) is 31.8 Å². The molecule has 0 aliphatic rings. The smallest absolute Gasteiger partial charge is 0.259 e. The fourth-order valence-corrected chi connectivity index (χ4v) is 3.25. The second-order valence-corrected chi connectivity index (χ2v) is 7.46. The van der Waals surface area contributed by atoms with Gasteiger partial charge in [0.2, 0.25) is 0 Å². The van der Waals surface area contributed by atoms with Crippen molar-refractivity contribution < 1.29 is 14.3 Å². The second kappa shape index (κ2) is 9.20. The van der Waals surface area contributed by atoms with Crippen molar-refractivity contribution in [2.75, 3.05) is 17.7 Å². The van der Waals surface area contributed by atoms with Crippen molar-refractivity contribution in [2.45, 2.75) is 13.8 Å². The maximum absolute atomic E-state index is 12.9. The van der Waals surface area contributed by atoms with Crippen molar-refractivity contribution in [3.63, 3.8) is 0 Å². The van der Waals surface area contributed by atoms with Crippen LogP contribution in [-0.4, -0.2) is 18.9 Å². The Morgan fingerprint density at radius 2 is 1.33 bits per heavy atom. The van der Waals surface area contributed by atoms with Crippen LogP contribution < -0.4 is 15.4 Å². The lowest BCUT2D eigenvalue weighted by Crippen LogP contribution is -2.17. The monoisotopic (exact) mass is 442 g/mol. The minimum atomic E-state index is -0.411. The molecule has 30 heavy (non-hydrogen) atoms. The van der Waals surface area contributed by atoms with Crippen molar-refractivity contribution in [1.29, 1.82) is 0 Å². The van der Waals surface area contributed by atoms with E-state index >= 15 is 0 Å². The number of benzene rings is 3. The zero-order chi connectivity index (χ0) is 21.8.